The normalized spacial score (nSPS) is 16.8. The van der Waals surface area contributed by atoms with Crippen LogP contribution in [0.5, 0.6) is 0 Å². The first kappa shape index (κ1) is 14.9. The molecule has 1 aromatic rings. The van der Waals surface area contributed by atoms with Gasteiger partial charge in [-0.2, -0.15) is 0 Å². The van der Waals surface area contributed by atoms with Gasteiger partial charge in [0.1, 0.15) is 0 Å². The number of benzene rings is 1. The topological polar surface area (TPSA) is 50.7 Å². The molecule has 108 valence electrons. The summed E-state index contributed by atoms with van der Waals surface area (Å²) in [4.78, 5) is 20.5. The summed E-state index contributed by atoms with van der Waals surface area (Å²) >= 11 is 5.89. The molecule has 0 amide bonds. The summed E-state index contributed by atoms with van der Waals surface area (Å²) in [6, 6.07) is 7.60. The van der Waals surface area contributed by atoms with E-state index in [4.69, 9.17) is 21.4 Å². The lowest BCUT2D eigenvalue weighted by atomic mass is 9.96. The van der Waals surface area contributed by atoms with Crippen LogP contribution < -0.4 is 5.48 Å². The number of aliphatic imine (C=N–C) groups is 1. The molecule has 0 atom stereocenters. The molecule has 0 radical (unpaired) electrons. The molecule has 1 aliphatic carbocycles. The number of hydrogen-bond acceptors (Lipinski definition) is 3. The molecule has 0 heterocycles. The summed E-state index contributed by atoms with van der Waals surface area (Å²) in [6.07, 6.45) is 5.85. The lowest BCUT2D eigenvalue weighted by molar-refractivity contribution is -0.145. The first-order chi connectivity index (χ1) is 9.65. The quantitative estimate of drug-likeness (QED) is 0.516. The SMILES string of the molecule is CC(=O)ONC(=NC1CCCCC1)c1ccc(Cl)cc1. The van der Waals surface area contributed by atoms with Crippen molar-refractivity contribution in [2.75, 3.05) is 0 Å². The van der Waals surface area contributed by atoms with Gasteiger partial charge in [-0.15, -0.1) is 0 Å². The minimum Gasteiger partial charge on any atom is -0.342 e. The van der Waals surface area contributed by atoms with Gasteiger partial charge in [0.25, 0.3) is 0 Å². The number of nitrogens with zero attached hydrogens (tertiary/aromatic N) is 1. The summed E-state index contributed by atoms with van der Waals surface area (Å²) in [5, 5.41) is 0.665. The van der Waals surface area contributed by atoms with Crippen LogP contribution in [0.25, 0.3) is 0 Å². The predicted molar refractivity (Wildman–Crippen MR) is 79.8 cm³/mol. The van der Waals surface area contributed by atoms with Gasteiger partial charge in [0.2, 0.25) is 0 Å². The number of hydrogen-bond donors (Lipinski definition) is 1. The fraction of sp³-hybridized carbons (Fsp3) is 0.467. The Morgan fingerprint density at radius 1 is 1.25 bits per heavy atom. The Labute approximate surface area is 124 Å². The minimum atomic E-state index is -0.393. The predicted octanol–water partition coefficient (Wildman–Crippen LogP) is 3.49. The molecule has 20 heavy (non-hydrogen) atoms. The largest absolute Gasteiger partial charge is 0.342 e. The van der Waals surface area contributed by atoms with Gasteiger partial charge in [0, 0.05) is 17.5 Å². The molecular weight excluding hydrogens is 276 g/mol. The van der Waals surface area contributed by atoms with E-state index in [1.807, 2.05) is 12.1 Å². The zero-order valence-electron chi connectivity index (χ0n) is 11.6. The number of rotatable bonds is 2. The molecule has 1 N–H and O–H groups in total. The first-order valence-corrected chi connectivity index (χ1v) is 7.30. The van der Waals surface area contributed by atoms with Crippen LogP contribution in [0.3, 0.4) is 0 Å². The highest BCUT2D eigenvalue weighted by Crippen LogP contribution is 2.21. The van der Waals surface area contributed by atoms with Crippen LogP contribution in [0, 0.1) is 0 Å². The van der Waals surface area contributed by atoms with Crippen LogP contribution >= 0.6 is 11.6 Å². The summed E-state index contributed by atoms with van der Waals surface area (Å²) in [6.45, 7) is 1.35. The average Bonchev–Trinajstić information content (AvgIpc) is 2.45. The van der Waals surface area contributed by atoms with Gasteiger partial charge in [-0.05, 0) is 37.1 Å². The Morgan fingerprint density at radius 2 is 1.90 bits per heavy atom. The number of carbonyl (C=O) groups is 1. The zero-order valence-corrected chi connectivity index (χ0v) is 12.3. The Kier molecular flexibility index (Phi) is 5.41. The van der Waals surface area contributed by atoms with Gasteiger partial charge in [-0.3, -0.25) is 9.79 Å². The monoisotopic (exact) mass is 294 g/mol. The Hall–Kier alpha value is -1.55. The standard InChI is InChI=1S/C15H19ClN2O2/c1-11(19)20-18-15(12-7-9-13(16)10-8-12)17-14-5-3-2-4-6-14/h7-10,14H,2-6H2,1H3,(H,17,18). The lowest BCUT2D eigenvalue weighted by Gasteiger charge is -2.19. The molecule has 0 aliphatic heterocycles. The number of hydroxylamine groups is 1. The van der Waals surface area contributed by atoms with Crippen LogP contribution in [0.1, 0.15) is 44.6 Å². The van der Waals surface area contributed by atoms with Crippen LogP contribution in [-0.4, -0.2) is 17.8 Å². The van der Waals surface area contributed by atoms with E-state index in [1.165, 1.54) is 26.2 Å². The number of nitrogens with one attached hydrogen (secondary N) is 1. The van der Waals surface area contributed by atoms with E-state index < -0.39 is 5.97 Å². The maximum Gasteiger partial charge on any atom is 0.329 e. The highest BCUT2D eigenvalue weighted by Gasteiger charge is 2.14. The maximum absolute atomic E-state index is 11.0. The molecule has 2 rings (SSSR count). The van der Waals surface area contributed by atoms with Crippen molar-refractivity contribution in [2.24, 2.45) is 4.99 Å². The summed E-state index contributed by atoms with van der Waals surface area (Å²) in [7, 11) is 0. The first-order valence-electron chi connectivity index (χ1n) is 6.92. The second-order valence-electron chi connectivity index (χ2n) is 4.97. The molecule has 0 aromatic heterocycles. The van der Waals surface area contributed by atoms with Crippen molar-refractivity contribution >= 4 is 23.4 Å². The average molecular weight is 295 g/mol. The zero-order chi connectivity index (χ0) is 14.4. The second kappa shape index (κ2) is 7.29. The van der Waals surface area contributed by atoms with Crippen LogP contribution in [0.2, 0.25) is 5.02 Å². The van der Waals surface area contributed by atoms with Crippen molar-refractivity contribution in [1.82, 2.24) is 5.48 Å². The molecule has 1 saturated carbocycles. The number of carbonyl (C=O) groups excluding carboxylic acids is 1. The van der Waals surface area contributed by atoms with Crippen molar-refractivity contribution < 1.29 is 9.63 Å². The summed E-state index contributed by atoms with van der Waals surface area (Å²) in [5.41, 5.74) is 3.52. The molecule has 0 unspecified atom stereocenters. The van der Waals surface area contributed by atoms with Gasteiger partial charge in [-0.25, -0.2) is 5.48 Å². The van der Waals surface area contributed by atoms with E-state index in [9.17, 15) is 4.79 Å². The minimum absolute atomic E-state index is 0.289. The second-order valence-corrected chi connectivity index (χ2v) is 5.41. The van der Waals surface area contributed by atoms with Crippen molar-refractivity contribution in [3.63, 3.8) is 0 Å². The van der Waals surface area contributed by atoms with Gasteiger partial charge >= 0.3 is 5.97 Å². The fourth-order valence-corrected chi connectivity index (χ4v) is 2.41. The highest BCUT2D eigenvalue weighted by atomic mass is 35.5. The van der Waals surface area contributed by atoms with E-state index in [2.05, 4.69) is 5.48 Å². The highest BCUT2D eigenvalue weighted by molar-refractivity contribution is 6.30. The van der Waals surface area contributed by atoms with E-state index in [0.717, 1.165) is 18.4 Å². The van der Waals surface area contributed by atoms with E-state index in [1.54, 1.807) is 12.1 Å². The Bertz CT molecular complexity index is 479. The van der Waals surface area contributed by atoms with Crippen LogP contribution in [0.15, 0.2) is 29.3 Å². The molecule has 4 nitrogen and oxygen atoms in total. The lowest BCUT2D eigenvalue weighted by Crippen LogP contribution is -2.29. The van der Waals surface area contributed by atoms with Crippen LogP contribution in [-0.2, 0) is 9.63 Å². The summed E-state index contributed by atoms with van der Waals surface area (Å²) < 4.78 is 0. The molecule has 0 spiro atoms. The van der Waals surface area contributed by atoms with Gasteiger partial charge in [0.15, 0.2) is 5.84 Å². The molecule has 0 saturated heterocycles. The smallest absolute Gasteiger partial charge is 0.329 e. The third-order valence-electron chi connectivity index (χ3n) is 3.30. The van der Waals surface area contributed by atoms with E-state index in [-0.39, 0.29) is 6.04 Å². The van der Waals surface area contributed by atoms with Gasteiger partial charge in [0.05, 0.1) is 6.04 Å². The fourth-order valence-electron chi connectivity index (χ4n) is 2.28. The van der Waals surface area contributed by atoms with Gasteiger partial charge in [-0.1, -0.05) is 30.9 Å². The third-order valence-corrected chi connectivity index (χ3v) is 3.55. The third kappa shape index (κ3) is 4.53. The molecular formula is C15H19ClN2O2. The summed E-state index contributed by atoms with van der Waals surface area (Å²) in [5.74, 6) is 0.194. The van der Waals surface area contributed by atoms with Crippen molar-refractivity contribution in [3.05, 3.63) is 34.9 Å². The van der Waals surface area contributed by atoms with E-state index >= 15 is 0 Å². The Morgan fingerprint density at radius 3 is 2.50 bits per heavy atom. The number of halogens is 1. The Balaban J connectivity index is 2.16. The molecule has 1 aromatic carbocycles. The maximum atomic E-state index is 11.0. The molecule has 1 aliphatic rings. The van der Waals surface area contributed by atoms with Gasteiger partial charge < -0.3 is 4.84 Å². The van der Waals surface area contributed by atoms with Crippen molar-refractivity contribution in [1.29, 1.82) is 0 Å². The van der Waals surface area contributed by atoms with Crippen molar-refractivity contribution in [3.8, 4) is 0 Å². The van der Waals surface area contributed by atoms with E-state index in [0.29, 0.717) is 10.9 Å². The number of amidine groups is 1. The molecule has 1 fully saturated rings. The molecule has 0 bridgehead atoms. The van der Waals surface area contributed by atoms with Crippen molar-refractivity contribution in [2.45, 2.75) is 45.1 Å². The van der Waals surface area contributed by atoms with Crippen LogP contribution in [0.4, 0.5) is 0 Å². The molecule has 5 heteroatoms.